The first-order valence-corrected chi connectivity index (χ1v) is 9.54. The fourth-order valence-electron chi connectivity index (χ4n) is 6.79. The summed E-state index contributed by atoms with van der Waals surface area (Å²) in [7, 11) is 0. The van der Waals surface area contributed by atoms with Gasteiger partial charge in [-0.25, -0.2) is 0 Å². The average molecular weight is 343 g/mol. The van der Waals surface area contributed by atoms with Crippen molar-refractivity contribution < 1.29 is 14.7 Å². The van der Waals surface area contributed by atoms with Crippen LogP contribution in [0, 0.1) is 45.8 Å². The first-order valence-electron chi connectivity index (χ1n) is 9.54. The normalized spacial score (nSPS) is 42.5. The molecule has 1 unspecified atom stereocenters. The van der Waals surface area contributed by atoms with Crippen LogP contribution in [0.15, 0.2) is 12.2 Å². The quantitative estimate of drug-likeness (QED) is 0.752. The summed E-state index contributed by atoms with van der Waals surface area (Å²) in [5.41, 5.74) is 0.609. The maximum Gasteiger partial charge on any atom is 0.303 e. The van der Waals surface area contributed by atoms with E-state index in [1.54, 1.807) is 0 Å². The molecule has 0 saturated heterocycles. The van der Waals surface area contributed by atoms with Crippen molar-refractivity contribution in [2.45, 2.75) is 65.2 Å². The SMILES string of the molecule is C=C(C)[C@H]1CC[C@@]23C[C@H](CC[C@H]2[C@]1(C)CCC(=O)O)C(CC#N)C3=O. The van der Waals surface area contributed by atoms with E-state index in [0.29, 0.717) is 24.5 Å². The van der Waals surface area contributed by atoms with Crippen LogP contribution in [0.1, 0.15) is 65.2 Å². The summed E-state index contributed by atoms with van der Waals surface area (Å²) in [6.45, 7) is 8.43. The number of carboxylic acids is 1. The Morgan fingerprint density at radius 1 is 1.40 bits per heavy atom. The first-order chi connectivity index (χ1) is 11.8. The number of aliphatic carboxylic acids is 1. The van der Waals surface area contributed by atoms with E-state index in [4.69, 9.17) is 5.26 Å². The van der Waals surface area contributed by atoms with Crippen LogP contribution in [0.3, 0.4) is 0 Å². The van der Waals surface area contributed by atoms with E-state index in [9.17, 15) is 14.7 Å². The zero-order valence-electron chi connectivity index (χ0n) is 15.4. The molecule has 4 heteroatoms. The summed E-state index contributed by atoms with van der Waals surface area (Å²) in [5.74, 6) is 0.302. The van der Waals surface area contributed by atoms with Crippen LogP contribution in [-0.2, 0) is 9.59 Å². The standard InChI is InChI=1S/C21H29NO3/c1-13(2)16-6-10-21-12-14(15(8-11-22)19(21)25)4-5-17(21)20(16,3)9-7-18(23)24/h14-17H,1,4-10,12H2,2-3H3,(H,23,24)/t14-,15?,16+,17-,20+,21+/m0/s1. The molecule has 0 radical (unpaired) electrons. The molecule has 4 nitrogen and oxygen atoms in total. The van der Waals surface area contributed by atoms with Gasteiger partial charge in [0.05, 0.1) is 6.07 Å². The van der Waals surface area contributed by atoms with Gasteiger partial charge >= 0.3 is 5.97 Å². The third-order valence-corrected chi connectivity index (χ3v) is 7.77. The van der Waals surface area contributed by atoms with Crippen LogP contribution in [0.2, 0.25) is 0 Å². The van der Waals surface area contributed by atoms with Crippen molar-refractivity contribution in [2.75, 3.05) is 0 Å². The smallest absolute Gasteiger partial charge is 0.303 e. The number of hydrogen-bond acceptors (Lipinski definition) is 3. The van der Waals surface area contributed by atoms with Gasteiger partial charge in [0, 0.05) is 24.2 Å². The second kappa shape index (κ2) is 6.27. The maximum atomic E-state index is 13.3. The van der Waals surface area contributed by atoms with Gasteiger partial charge in [-0.1, -0.05) is 19.1 Å². The van der Waals surface area contributed by atoms with Crippen molar-refractivity contribution in [3.63, 3.8) is 0 Å². The molecule has 3 saturated carbocycles. The minimum Gasteiger partial charge on any atom is -0.481 e. The molecule has 0 aliphatic heterocycles. The number of carbonyl (C=O) groups excluding carboxylic acids is 1. The van der Waals surface area contributed by atoms with Crippen molar-refractivity contribution in [1.29, 1.82) is 5.26 Å². The predicted octanol–water partition coefficient (Wildman–Crippen LogP) is 4.36. The highest BCUT2D eigenvalue weighted by Gasteiger charge is 2.65. The highest BCUT2D eigenvalue weighted by Crippen LogP contribution is 2.68. The van der Waals surface area contributed by atoms with E-state index < -0.39 is 5.97 Å². The van der Waals surface area contributed by atoms with Crippen molar-refractivity contribution in [3.05, 3.63) is 12.2 Å². The van der Waals surface area contributed by atoms with E-state index in [0.717, 1.165) is 37.7 Å². The molecule has 25 heavy (non-hydrogen) atoms. The highest BCUT2D eigenvalue weighted by molar-refractivity contribution is 5.90. The molecule has 2 bridgehead atoms. The van der Waals surface area contributed by atoms with Crippen LogP contribution in [0.5, 0.6) is 0 Å². The van der Waals surface area contributed by atoms with Gasteiger partial charge in [-0.2, -0.15) is 5.26 Å². The van der Waals surface area contributed by atoms with E-state index in [-0.39, 0.29) is 35.0 Å². The number of ketones is 1. The van der Waals surface area contributed by atoms with Crippen LogP contribution in [0.4, 0.5) is 0 Å². The van der Waals surface area contributed by atoms with Gasteiger partial charge in [0.25, 0.3) is 0 Å². The zero-order chi connectivity index (χ0) is 18.4. The fraction of sp³-hybridized carbons (Fsp3) is 0.762. The number of fused-ring (bicyclic) bond motifs is 1. The Bertz CT molecular complexity index is 648. The van der Waals surface area contributed by atoms with Gasteiger partial charge in [-0.05, 0) is 68.6 Å². The molecular formula is C21H29NO3. The van der Waals surface area contributed by atoms with Gasteiger partial charge in [0.1, 0.15) is 5.78 Å². The summed E-state index contributed by atoms with van der Waals surface area (Å²) in [6.07, 6.45) is 5.78. The number of nitriles is 1. The number of carbonyl (C=O) groups is 2. The third-order valence-electron chi connectivity index (χ3n) is 7.77. The van der Waals surface area contributed by atoms with Gasteiger partial charge in [-0.3, -0.25) is 9.59 Å². The third kappa shape index (κ3) is 2.63. The summed E-state index contributed by atoms with van der Waals surface area (Å²) in [5, 5.41) is 18.4. The molecule has 3 aliphatic rings. The van der Waals surface area contributed by atoms with E-state index in [2.05, 4.69) is 19.6 Å². The molecule has 3 rings (SSSR count). The molecule has 0 amide bonds. The topological polar surface area (TPSA) is 78.2 Å². The second-order valence-corrected chi connectivity index (χ2v) is 8.92. The molecular weight excluding hydrogens is 314 g/mol. The Morgan fingerprint density at radius 3 is 2.72 bits per heavy atom. The Labute approximate surface area is 150 Å². The molecule has 0 aromatic heterocycles. The summed E-state index contributed by atoms with van der Waals surface area (Å²) in [4.78, 5) is 24.6. The largest absolute Gasteiger partial charge is 0.481 e. The molecule has 6 atom stereocenters. The minimum absolute atomic E-state index is 0.0971. The Kier molecular flexibility index (Phi) is 4.56. The lowest BCUT2D eigenvalue weighted by atomic mass is 9.46. The van der Waals surface area contributed by atoms with Gasteiger partial charge in [0.15, 0.2) is 0 Å². The maximum absolute atomic E-state index is 13.3. The number of hydrogen-bond donors (Lipinski definition) is 1. The van der Waals surface area contributed by atoms with Crippen LogP contribution in [-0.4, -0.2) is 16.9 Å². The van der Waals surface area contributed by atoms with Crippen molar-refractivity contribution in [3.8, 4) is 6.07 Å². The molecule has 0 aromatic rings. The number of nitrogens with zero attached hydrogens (tertiary/aromatic N) is 1. The van der Waals surface area contributed by atoms with Crippen molar-refractivity contribution >= 4 is 11.8 Å². The lowest BCUT2D eigenvalue weighted by Gasteiger charge is -2.57. The average Bonchev–Trinajstić information content (AvgIpc) is 2.74. The first kappa shape index (κ1) is 18.2. The lowest BCUT2D eigenvalue weighted by molar-refractivity contribution is -0.146. The molecule has 136 valence electrons. The molecule has 0 heterocycles. The summed E-state index contributed by atoms with van der Waals surface area (Å²) in [6, 6.07) is 2.22. The summed E-state index contributed by atoms with van der Waals surface area (Å²) < 4.78 is 0. The molecule has 0 aromatic carbocycles. The second-order valence-electron chi connectivity index (χ2n) is 8.92. The van der Waals surface area contributed by atoms with Crippen LogP contribution >= 0.6 is 0 Å². The zero-order valence-corrected chi connectivity index (χ0v) is 15.4. The predicted molar refractivity (Wildman–Crippen MR) is 94.5 cm³/mol. The van der Waals surface area contributed by atoms with Crippen molar-refractivity contribution in [1.82, 2.24) is 0 Å². The molecule has 3 fully saturated rings. The molecule has 1 spiro atoms. The number of rotatable bonds is 5. The molecule has 3 aliphatic carbocycles. The Balaban J connectivity index is 1.99. The van der Waals surface area contributed by atoms with E-state index in [1.165, 1.54) is 0 Å². The lowest BCUT2D eigenvalue weighted by Crippen LogP contribution is -2.53. The Morgan fingerprint density at radius 2 is 2.12 bits per heavy atom. The van der Waals surface area contributed by atoms with Crippen LogP contribution < -0.4 is 0 Å². The monoisotopic (exact) mass is 343 g/mol. The highest BCUT2D eigenvalue weighted by atomic mass is 16.4. The molecule has 1 N–H and O–H groups in total. The Hall–Kier alpha value is -1.63. The van der Waals surface area contributed by atoms with E-state index in [1.807, 2.05) is 6.92 Å². The van der Waals surface area contributed by atoms with Crippen LogP contribution in [0.25, 0.3) is 0 Å². The van der Waals surface area contributed by atoms with Gasteiger partial charge in [0.2, 0.25) is 0 Å². The minimum atomic E-state index is -0.768. The number of carboxylic acid groups (broad SMARTS) is 1. The fourth-order valence-corrected chi connectivity index (χ4v) is 6.79. The number of allylic oxidation sites excluding steroid dienone is 1. The van der Waals surface area contributed by atoms with Gasteiger partial charge in [-0.15, -0.1) is 0 Å². The van der Waals surface area contributed by atoms with E-state index >= 15 is 0 Å². The van der Waals surface area contributed by atoms with Gasteiger partial charge < -0.3 is 5.11 Å². The van der Waals surface area contributed by atoms with Crippen molar-refractivity contribution in [2.24, 2.45) is 34.5 Å². The summed E-state index contributed by atoms with van der Waals surface area (Å²) >= 11 is 0. The number of Topliss-reactive ketones (excluding diaryl/α,β-unsaturated/α-hetero) is 1.